The highest BCUT2D eigenvalue weighted by molar-refractivity contribution is 6.04. The van der Waals surface area contributed by atoms with Crippen LogP contribution in [0.25, 0.3) is 0 Å². The number of nitrogens with zero attached hydrogens (tertiary/aromatic N) is 2. The van der Waals surface area contributed by atoms with Crippen molar-refractivity contribution in [3.05, 3.63) is 48.5 Å². The molecule has 1 fully saturated rings. The fourth-order valence-corrected chi connectivity index (χ4v) is 3.66. The Balaban J connectivity index is 1.66. The monoisotopic (exact) mass is 395 g/mol. The van der Waals surface area contributed by atoms with E-state index < -0.39 is 0 Å². The number of carbonyl (C=O) groups excluding carboxylic acids is 2. The third-order valence-corrected chi connectivity index (χ3v) is 5.22. The SMILES string of the molecule is CCOc1ccccc1N1CC(C(=O)Nc2ccc(N(CC)CC)cc2)CC1=O. The molecule has 2 aromatic rings. The molecule has 1 unspecified atom stereocenters. The summed E-state index contributed by atoms with van der Waals surface area (Å²) in [6, 6.07) is 15.3. The summed E-state index contributed by atoms with van der Waals surface area (Å²) in [6.45, 7) is 8.89. The lowest BCUT2D eigenvalue weighted by atomic mass is 10.1. The maximum atomic E-state index is 12.7. The Labute approximate surface area is 172 Å². The highest BCUT2D eigenvalue weighted by Gasteiger charge is 2.36. The van der Waals surface area contributed by atoms with Crippen LogP contribution in [0.2, 0.25) is 0 Å². The number of rotatable bonds is 8. The molecule has 1 saturated heterocycles. The third-order valence-electron chi connectivity index (χ3n) is 5.22. The van der Waals surface area contributed by atoms with Gasteiger partial charge in [-0.2, -0.15) is 0 Å². The summed E-state index contributed by atoms with van der Waals surface area (Å²) in [6.07, 6.45) is 0.198. The molecule has 0 aromatic heterocycles. The fraction of sp³-hybridized carbons (Fsp3) is 0.391. The summed E-state index contributed by atoms with van der Waals surface area (Å²) < 4.78 is 5.64. The van der Waals surface area contributed by atoms with Crippen LogP contribution in [0.1, 0.15) is 27.2 Å². The summed E-state index contributed by atoms with van der Waals surface area (Å²) in [5.74, 6) is 0.0792. The van der Waals surface area contributed by atoms with E-state index in [-0.39, 0.29) is 24.2 Å². The maximum Gasteiger partial charge on any atom is 0.229 e. The number of hydrogen-bond donors (Lipinski definition) is 1. The van der Waals surface area contributed by atoms with Crippen LogP contribution in [-0.4, -0.2) is 38.1 Å². The van der Waals surface area contributed by atoms with Crippen molar-refractivity contribution in [2.45, 2.75) is 27.2 Å². The fourth-order valence-electron chi connectivity index (χ4n) is 3.66. The largest absolute Gasteiger partial charge is 0.492 e. The van der Waals surface area contributed by atoms with E-state index in [9.17, 15) is 9.59 Å². The van der Waals surface area contributed by atoms with Crippen LogP contribution in [-0.2, 0) is 9.59 Å². The molecule has 0 bridgehead atoms. The molecule has 0 radical (unpaired) electrons. The number of amides is 2. The predicted octanol–water partition coefficient (Wildman–Crippen LogP) is 3.92. The number of benzene rings is 2. The van der Waals surface area contributed by atoms with Gasteiger partial charge in [0.25, 0.3) is 0 Å². The Morgan fingerprint density at radius 2 is 1.79 bits per heavy atom. The third kappa shape index (κ3) is 4.70. The number of hydrogen-bond acceptors (Lipinski definition) is 4. The van der Waals surface area contributed by atoms with E-state index >= 15 is 0 Å². The number of nitrogens with one attached hydrogen (secondary N) is 1. The minimum Gasteiger partial charge on any atom is -0.492 e. The zero-order valence-electron chi connectivity index (χ0n) is 17.4. The second-order valence-electron chi connectivity index (χ2n) is 7.01. The molecule has 6 heteroatoms. The van der Waals surface area contributed by atoms with Crippen LogP contribution in [0.5, 0.6) is 5.75 Å². The number of para-hydroxylation sites is 2. The van der Waals surface area contributed by atoms with E-state index in [1.54, 1.807) is 4.90 Å². The molecule has 3 rings (SSSR count). The molecular weight excluding hydrogens is 366 g/mol. The van der Waals surface area contributed by atoms with E-state index in [0.29, 0.717) is 18.9 Å². The molecule has 1 atom stereocenters. The summed E-state index contributed by atoms with van der Waals surface area (Å²) in [5, 5.41) is 2.95. The van der Waals surface area contributed by atoms with Gasteiger partial charge in [0.2, 0.25) is 11.8 Å². The zero-order valence-corrected chi connectivity index (χ0v) is 17.4. The summed E-state index contributed by atoms with van der Waals surface area (Å²) in [7, 11) is 0. The molecule has 1 aliphatic rings. The second-order valence-corrected chi connectivity index (χ2v) is 7.01. The van der Waals surface area contributed by atoms with Crippen molar-refractivity contribution in [2.24, 2.45) is 5.92 Å². The Bertz CT molecular complexity index is 847. The Morgan fingerprint density at radius 1 is 1.10 bits per heavy atom. The highest BCUT2D eigenvalue weighted by Crippen LogP contribution is 2.33. The first-order valence-electron chi connectivity index (χ1n) is 10.2. The van der Waals surface area contributed by atoms with Gasteiger partial charge in [-0.1, -0.05) is 12.1 Å². The van der Waals surface area contributed by atoms with Gasteiger partial charge in [0.15, 0.2) is 0 Å². The first-order valence-corrected chi connectivity index (χ1v) is 10.2. The average molecular weight is 396 g/mol. The molecular formula is C23H29N3O3. The van der Waals surface area contributed by atoms with E-state index in [1.165, 1.54) is 0 Å². The summed E-state index contributed by atoms with van der Waals surface area (Å²) in [5.41, 5.74) is 2.59. The van der Waals surface area contributed by atoms with Gasteiger partial charge in [-0.25, -0.2) is 0 Å². The van der Waals surface area contributed by atoms with Crippen LogP contribution in [0.3, 0.4) is 0 Å². The molecule has 29 heavy (non-hydrogen) atoms. The molecule has 2 aromatic carbocycles. The maximum absolute atomic E-state index is 12.7. The van der Waals surface area contributed by atoms with Crippen molar-refractivity contribution < 1.29 is 14.3 Å². The van der Waals surface area contributed by atoms with Gasteiger partial charge in [0.1, 0.15) is 5.75 Å². The standard InChI is InChI=1S/C23H29N3O3/c1-4-25(5-2)19-13-11-18(12-14-19)24-23(28)17-15-22(27)26(16-17)20-9-7-8-10-21(20)29-6-3/h7-14,17H,4-6,15-16H2,1-3H3,(H,24,28). The van der Waals surface area contributed by atoms with Crippen LogP contribution in [0.4, 0.5) is 17.1 Å². The molecule has 2 amide bonds. The van der Waals surface area contributed by atoms with E-state index in [0.717, 1.165) is 30.2 Å². The van der Waals surface area contributed by atoms with Crippen molar-refractivity contribution in [2.75, 3.05) is 41.4 Å². The summed E-state index contributed by atoms with van der Waals surface area (Å²) >= 11 is 0. The van der Waals surface area contributed by atoms with Gasteiger partial charge >= 0.3 is 0 Å². The van der Waals surface area contributed by atoms with Crippen molar-refractivity contribution in [1.82, 2.24) is 0 Å². The lowest BCUT2D eigenvalue weighted by Gasteiger charge is -2.21. The van der Waals surface area contributed by atoms with Crippen molar-refractivity contribution in [3.63, 3.8) is 0 Å². The Hall–Kier alpha value is -3.02. The first-order chi connectivity index (χ1) is 14.1. The van der Waals surface area contributed by atoms with Gasteiger partial charge in [-0.05, 0) is 57.2 Å². The van der Waals surface area contributed by atoms with Gasteiger partial charge in [0.05, 0.1) is 18.2 Å². The van der Waals surface area contributed by atoms with Gasteiger partial charge in [-0.3, -0.25) is 9.59 Å². The Kier molecular flexibility index (Phi) is 6.75. The molecule has 0 spiro atoms. The molecule has 1 N–H and O–H groups in total. The summed E-state index contributed by atoms with van der Waals surface area (Å²) in [4.78, 5) is 29.2. The van der Waals surface area contributed by atoms with E-state index in [4.69, 9.17) is 4.74 Å². The second kappa shape index (κ2) is 9.45. The van der Waals surface area contributed by atoms with Crippen LogP contribution < -0.4 is 19.9 Å². The van der Waals surface area contributed by atoms with Gasteiger partial charge < -0.3 is 19.9 Å². The lowest BCUT2D eigenvalue weighted by molar-refractivity contribution is -0.122. The van der Waals surface area contributed by atoms with E-state index in [2.05, 4.69) is 24.1 Å². The normalized spacial score (nSPS) is 16.0. The number of carbonyl (C=O) groups is 2. The van der Waals surface area contributed by atoms with E-state index in [1.807, 2.05) is 55.5 Å². The molecule has 0 aliphatic carbocycles. The van der Waals surface area contributed by atoms with Crippen LogP contribution >= 0.6 is 0 Å². The van der Waals surface area contributed by atoms with Crippen molar-refractivity contribution >= 4 is 28.9 Å². The van der Waals surface area contributed by atoms with Crippen LogP contribution in [0, 0.1) is 5.92 Å². The smallest absolute Gasteiger partial charge is 0.229 e. The minimum atomic E-state index is -0.389. The molecule has 154 valence electrons. The van der Waals surface area contributed by atoms with Crippen molar-refractivity contribution in [3.8, 4) is 5.75 Å². The lowest BCUT2D eigenvalue weighted by Crippen LogP contribution is -2.28. The molecule has 1 aliphatic heterocycles. The Morgan fingerprint density at radius 3 is 2.45 bits per heavy atom. The van der Waals surface area contributed by atoms with Gasteiger partial charge in [0, 0.05) is 37.4 Å². The topological polar surface area (TPSA) is 61.9 Å². The molecule has 0 saturated carbocycles. The predicted molar refractivity (Wildman–Crippen MR) is 117 cm³/mol. The molecule has 6 nitrogen and oxygen atoms in total. The quantitative estimate of drug-likeness (QED) is 0.736. The average Bonchev–Trinajstić information content (AvgIpc) is 3.12. The number of anilines is 3. The van der Waals surface area contributed by atoms with Crippen LogP contribution in [0.15, 0.2) is 48.5 Å². The number of ether oxygens (including phenoxy) is 1. The minimum absolute atomic E-state index is 0.0609. The molecule has 1 heterocycles. The van der Waals surface area contributed by atoms with Gasteiger partial charge in [-0.15, -0.1) is 0 Å². The van der Waals surface area contributed by atoms with Crippen molar-refractivity contribution in [1.29, 1.82) is 0 Å². The highest BCUT2D eigenvalue weighted by atomic mass is 16.5. The first kappa shape index (κ1) is 20.7. The zero-order chi connectivity index (χ0) is 20.8.